The summed E-state index contributed by atoms with van der Waals surface area (Å²) in [6.45, 7) is -0.211. The van der Waals surface area contributed by atoms with Gasteiger partial charge in [0.25, 0.3) is 6.43 Å². The van der Waals surface area contributed by atoms with Gasteiger partial charge in [0, 0.05) is 18.9 Å². The molecule has 0 saturated carbocycles. The first-order chi connectivity index (χ1) is 9.65. The number of nitrogens with two attached hydrogens (primary N) is 1. The second kappa shape index (κ2) is 6.70. The highest BCUT2D eigenvalue weighted by Gasteiger charge is 2.06. The molecule has 0 spiro atoms. The van der Waals surface area contributed by atoms with Crippen LogP contribution in [0.3, 0.4) is 0 Å². The fourth-order valence-electron chi connectivity index (χ4n) is 1.36. The Morgan fingerprint density at radius 1 is 1.35 bits per heavy atom. The van der Waals surface area contributed by atoms with Crippen LogP contribution in [-0.4, -0.2) is 50.7 Å². The summed E-state index contributed by atoms with van der Waals surface area (Å²) >= 11 is 0. The van der Waals surface area contributed by atoms with E-state index >= 15 is 0 Å². The third-order valence-electron chi connectivity index (χ3n) is 2.15. The maximum Gasteiger partial charge on any atom is 0.261 e. The lowest BCUT2D eigenvalue weighted by Crippen LogP contribution is -2.16. The molecular formula is C10H13F2N7O. The van der Waals surface area contributed by atoms with Crippen LogP contribution in [0.1, 0.15) is 0 Å². The molecule has 0 bridgehead atoms. The second-order valence-electron chi connectivity index (χ2n) is 3.68. The molecule has 108 valence electrons. The lowest BCUT2D eigenvalue weighted by Gasteiger charge is -2.07. The zero-order valence-corrected chi connectivity index (χ0v) is 10.4. The Labute approximate surface area is 113 Å². The molecule has 0 aliphatic carbocycles. The zero-order chi connectivity index (χ0) is 14.4. The van der Waals surface area contributed by atoms with Crippen LogP contribution in [-0.2, 0) is 4.74 Å². The molecule has 0 aromatic carbocycles. The molecule has 8 nitrogen and oxygen atoms in total. The van der Waals surface area contributed by atoms with Gasteiger partial charge in [0.2, 0.25) is 17.8 Å². The molecular weight excluding hydrogens is 272 g/mol. The van der Waals surface area contributed by atoms with Gasteiger partial charge in [-0.15, -0.1) is 0 Å². The number of hydrogen-bond donors (Lipinski definition) is 2. The first-order valence-corrected chi connectivity index (χ1v) is 5.75. The van der Waals surface area contributed by atoms with Crippen molar-refractivity contribution in [3.8, 4) is 5.95 Å². The van der Waals surface area contributed by atoms with Crippen molar-refractivity contribution in [3.63, 3.8) is 0 Å². The molecule has 0 unspecified atom stereocenters. The number of nitrogen functional groups attached to an aromatic ring is 1. The van der Waals surface area contributed by atoms with E-state index in [-0.39, 0.29) is 25.0 Å². The molecule has 3 N–H and O–H groups in total. The van der Waals surface area contributed by atoms with Gasteiger partial charge in [0.05, 0.1) is 6.61 Å². The molecule has 0 amide bonds. The van der Waals surface area contributed by atoms with Crippen molar-refractivity contribution in [2.45, 2.75) is 6.43 Å². The summed E-state index contributed by atoms with van der Waals surface area (Å²) in [6, 6.07) is 0. The van der Waals surface area contributed by atoms with Gasteiger partial charge in [0.1, 0.15) is 12.9 Å². The van der Waals surface area contributed by atoms with E-state index in [1.807, 2.05) is 0 Å². The molecule has 2 aromatic rings. The van der Waals surface area contributed by atoms with Gasteiger partial charge in [-0.1, -0.05) is 0 Å². The van der Waals surface area contributed by atoms with Crippen molar-refractivity contribution in [1.29, 1.82) is 0 Å². The highest BCUT2D eigenvalue weighted by atomic mass is 19.3. The van der Waals surface area contributed by atoms with Crippen LogP contribution in [0, 0.1) is 0 Å². The van der Waals surface area contributed by atoms with Crippen molar-refractivity contribution in [2.24, 2.45) is 0 Å². The fraction of sp³-hybridized carbons (Fsp3) is 0.400. The number of aromatic nitrogens is 5. The van der Waals surface area contributed by atoms with Crippen LogP contribution in [0.15, 0.2) is 18.7 Å². The number of rotatable bonds is 7. The van der Waals surface area contributed by atoms with Gasteiger partial charge in [-0.05, 0) is 0 Å². The van der Waals surface area contributed by atoms with Crippen molar-refractivity contribution >= 4 is 11.9 Å². The molecule has 0 fully saturated rings. The van der Waals surface area contributed by atoms with Crippen molar-refractivity contribution in [3.05, 3.63) is 18.7 Å². The lowest BCUT2D eigenvalue weighted by molar-refractivity contribution is 0.0214. The molecule has 0 radical (unpaired) electrons. The summed E-state index contributed by atoms with van der Waals surface area (Å²) in [5.74, 6) is 0.590. The SMILES string of the molecule is Nc1nc(NCCOCC(F)F)nc(-n2ccnc2)n1. The summed E-state index contributed by atoms with van der Waals surface area (Å²) in [5.41, 5.74) is 5.57. The summed E-state index contributed by atoms with van der Waals surface area (Å²) in [7, 11) is 0. The Balaban J connectivity index is 1.92. The van der Waals surface area contributed by atoms with Crippen LogP contribution >= 0.6 is 0 Å². The number of halogens is 2. The zero-order valence-electron chi connectivity index (χ0n) is 10.4. The standard InChI is InChI=1S/C10H13F2N7O/c11-7(12)5-20-4-2-15-9-16-8(13)17-10(18-9)19-3-1-14-6-19/h1,3,6-7H,2,4-5H2,(H3,13,15,16,17,18). The Bertz CT molecular complexity index is 534. The quantitative estimate of drug-likeness (QED) is 0.706. The first kappa shape index (κ1) is 14.1. The second-order valence-corrected chi connectivity index (χ2v) is 3.68. The van der Waals surface area contributed by atoms with Gasteiger partial charge in [-0.25, -0.2) is 13.8 Å². The molecule has 0 saturated heterocycles. The molecule has 0 aliphatic heterocycles. The lowest BCUT2D eigenvalue weighted by atomic mass is 10.6. The molecule has 20 heavy (non-hydrogen) atoms. The van der Waals surface area contributed by atoms with Crippen LogP contribution in [0.4, 0.5) is 20.7 Å². The Morgan fingerprint density at radius 2 is 2.20 bits per heavy atom. The molecule has 2 aromatic heterocycles. The summed E-state index contributed by atoms with van der Waals surface area (Å²) < 4.78 is 30.0. The minimum atomic E-state index is -2.48. The van der Waals surface area contributed by atoms with Gasteiger partial charge in [-0.3, -0.25) is 4.57 Å². The Kier molecular flexibility index (Phi) is 4.71. The maximum absolute atomic E-state index is 11.8. The first-order valence-electron chi connectivity index (χ1n) is 5.75. The number of imidazole rings is 1. The average Bonchev–Trinajstić information content (AvgIpc) is 2.91. The Morgan fingerprint density at radius 3 is 2.90 bits per heavy atom. The smallest absolute Gasteiger partial charge is 0.261 e. The largest absolute Gasteiger partial charge is 0.374 e. The van der Waals surface area contributed by atoms with Crippen molar-refractivity contribution in [2.75, 3.05) is 30.8 Å². The fourth-order valence-corrected chi connectivity index (χ4v) is 1.36. The number of hydrogen-bond acceptors (Lipinski definition) is 7. The maximum atomic E-state index is 11.8. The number of anilines is 2. The van der Waals surface area contributed by atoms with Gasteiger partial charge in [-0.2, -0.15) is 15.0 Å². The van der Waals surface area contributed by atoms with Crippen LogP contribution < -0.4 is 11.1 Å². The van der Waals surface area contributed by atoms with Crippen LogP contribution in [0.2, 0.25) is 0 Å². The minimum absolute atomic E-state index is 0.0414. The van der Waals surface area contributed by atoms with E-state index in [4.69, 9.17) is 10.5 Å². The van der Waals surface area contributed by atoms with E-state index in [0.29, 0.717) is 5.95 Å². The minimum Gasteiger partial charge on any atom is -0.374 e. The Hall–Kier alpha value is -2.36. The van der Waals surface area contributed by atoms with E-state index in [0.717, 1.165) is 0 Å². The predicted octanol–water partition coefficient (Wildman–Crippen LogP) is 0.333. The normalized spacial score (nSPS) is 10.9. The topological polar surface area (TPSA) is 104 Å². The van der Waals surface area contributed by atoms with Crippen LogP contribution in [0.5, 0.6) is 0 Å². The number of nitrogens with one attached hydrogen (secondary N) is 1. The number of alkyl halides is 2. The van der Waals surface area contributed by atoms with E-state index in [2.05, 4.69) is 25.3 Å². The summed E-state index contributed by atoms with van der Waals surface area (Å²) in [6.07, 6.45) is 2.27. The summed E-state index contributed by atoms with van der Waals surface area (Å²) in [4.78, 5) is 15.8. The molecule has 0 aliphatic rings. The third kappa shape index (κ3) is 4.09. The molecule has 10 heteroatoms. The van der Waals surface area contributed by atoms with Crippen LogP contribution in [0.25, 0.3) is 5.95 Å². The van der Waals surface area contributed by atoms with Gasteiger partial charge < -0.3 is 15.8 Å². The third-order valence-corrected chi connectivity index (χ3v) is 2.15. The number of ether oxygens (including phenoxy) is 1. The average molecular weight is 285 g/mol. The summed E-state index contributed by atoms with van der Waals surface area (Å²) in [5, 5.41) is 2.82. The monoisotopic (exact) mass is 285 g/mol. The van der Waals surface area contributed by atoms with Crippen molar-refractivity contribution < 1.29 is 13.5 Å². The molecule has 0 atom stereocenters. The molecule has 2 heterocycles. The van der Waals surface area contributed by atoms with E-state index in [1.54, 1.807) is 17.0 Å². The predicted molar refractivity (Wildman–Crippen MR) is 66.7 cm³/mol. The highest BCUT2D eigenvalue weighted by Crippen LogP contribution is 2.06. The van der Waals surface area contributed by atoms with Gasteiger partial charge in [0.15, 0.2) is 0 Å². The van der Waals surface area contributed by atoms with Crippen molar-refractivity contribution in [1.82, 2.24) is 24.5 Å². The highest BCUT2D eigenvalue weighted by molar-refractivity contribution is 5.34. The van der Waals surface area contributed by atoms with E-state index < -0.39 is 13.0 Å². The van der Waals surface area contributed by atoms with E-state index in [9.17, 15) is 8.78 Å². The van der Waals surface area contributed by atoms with E-state index in [1.165, 1.54) is 6.33 Å². The molecule has 2 rings (SSSR count). The number of nitrogens with zero attached hydrogens (tertiary/aromatic N) is 5. The van der Waals surface area contributed by atoms with Gasteiger partial charge >= 0.3 is 0 Å².